The van der Waals surface area contributed by atoms with Crippen LogP contribution in [0.2, 0.25) is 0 Å². The van der Waals surface area contributed by atoms with Gasteiger partial charge in [-0.2, -0.15) is 5.26 Å². The molecule has 0 heterocycles. The maximum atomic E-state index is 12.1. The number of nitrogens with one attached hydrogen (secondary N) is 2. The summed E-state index contributed by atoms with van der Waals surface area (Å²) >= 11 is 0. The maximum Gasteiger partial charge on any atom is 0.242 e. The molecule has 0 saturated carbocycles. The highest BCUT2D eigenvalue weighted by atomic mass is 16.2. The van der Waals surface area contributed by atoms with Crippen LogP contribution in [-0.4, -0.2) is 18.0 Å². The highest BCUT2D eigenvalue weighted by molar-refractivity contribution is 5.85. The van der Waals surface area contributed by atoms with E-state index in [-0.39, 0.29) is 18.0 Å². The van der Waals surface area contributed by atoms with Crippen molar-refractivity contribution in [1.29, 1.82) is 5.26 Å². The van der Waals surface area contributed by atoms with Gasteiger partial charge >= 0.3 is 0 Å². The summed E-state index contributed by atoms with van der Waals surface area (Å²) in [6.07, 6.45) is 2.01. The van der Waals surface area contributed by atoms with E-state index in [4.69, 9.17) is 0 Å². The van der Waals surface area contributed by atoms with Gasteiger partial charge in [0, 0.05) is 6.04 Å². The van der Waals surface area contributed by atoms with E-state index in [1.807, 2.05) is 32.0 Å². The third-order valence-corrected chi connectivity index (χ3v) is 3.26. The quantitative estimate of drug-likeness (QED) is 0.837. The van der Waals surface area contributed by atoms with Gasteiger partial charge in [-0.15, -0.1) is 0 Å². The van der Waals surface area contributed by atoms with E-state index in [1.54, 1.807) is 6.92 Å². The Kier molecular flexibility index (Phi) is 6.05. The van der Waals surface area contributed by atoms with Gasteiger partial charge in [-0.1, -0.05) is 25.5 Å². The number of benzene rings is 1. The molecule has 0 radical (unpaired) electrons. The minimum absolute atomic E-state index is 0.0451. The van der Waals surface area contributed by atoms with Crippen molar-refractivity contribution < 1.29 is 4.79 Å². The van der Waals surface area contributed by atoms with Gasteiger partial charge in [0.05, 0.1) is 11.3 Å². The van der Waals surface area contributed by atoms with Gasteiger partial charge in [0.1, 0.15) is 12.1 Å². The predicted octanol–water partition coefficient (Wildman–Crippen LogP) is 2.97. The van der Waals surface area contributed by atoms with E-state index in [0.717, 1.165) is 18.4 Å². The lowest BCUT2D eigenvalue weighted by Crippen LogP contribution is -2.42. The lowest BCUT2D eigenvalue weighted by Gasteiger charge is -2.19. The highest BCUT2D eigenvalue weighted by Gasteiger charge is 2.16. The third-order valence-electron chi connectivity index (χ3n) is 3.26. The molecule has 2 unspecified atom stereocenters. The number of carbonyl (C=O) groups is 1. The molecule has 4 heteroatoms. The molecule has 1 amide bonds. The number of amides is 1. The zero-order valence-corrected chi connectivity index (χ0v) is 12.7. The summed E-state index contributed by atoms with van der Waals surface area (Å²) in [5.41, 5.74) is 2.21. The highest BCUT2D eigenvalue weighted by Crippen LogP contribution is 2.19. The molecule has 1 rings (SSSR count). The summed E-state index contributed by atoms with van der Waals surface area (Å²) in [6, 6.07) is 7.56. The molecule has 108 valence electrons. The number of carbonyl (C=O) groups excluding carboxylic acids is 1. The van der Waals surface area contributed by atoms with Crippen LogP contribution in [0.15, 0.2) is 18.2 Å². The van der Waals surface area contributed by atoms with Crippen LogP contribution in [0.1, 0.15) is 44.7 Å². The van der Waals surface area contributed by atoms with Crippen molar-refractivity contribution in [1.82, 2.24) is 5.32 Å². The van der Waals surface area contributed by atoms with E-state index in [2.05, 4.69) is 23.6 Å². The first-order valence-electron chi connectivity index (χ1n) is 7.06. The van der Waals surface area contributed by atoms with E-state index >= 15 is 0 Å². The molecule has 1 aromatic carbocycles. The van der Waals surface area contributed by atoms with Gasteiger partial charge < -0.3 is 10.6 Å². The summed E-state index contributed by atoms with van der Waals surface area (Å²) in [7, 11) is 0. The number of hydrogen-bond acceptors (Lipinski definition) is 3. The smallest absolute Gasteiger partial charge is 0.242 e. The number of aryl methyl sites for hydroxylation is 1. The predicted molar refractivity (Wildman–Crippen MR) is 81.5 cm³/mol. The number of anilines is 1. The van der Waals surface area contributed by atoms with Crippen molar-refractivity contribution in [3.8, 4) is 6.07 Å². The summed E-state index contributed by atoms with van der Waals surface area (Å²) < 4.78 is 0. The lowest BCUT2D eigenvalue weighted by molar-refractivity contribution is -0.122. The van der Waals surface area contributed by atoms with E-state index in [9.17, 15) is 10.1 Å². The SMILES string of the molecule is CCCC(C)NC(=O)C(C)Nc1cccc(C)c1C#N. The Morgan fingerprint density at radius 2 is 2.10 bits per heavy atom. The van der Waals surface area contributed by atoms with Crippen LogP contribution in [0.25, 0.3) is 0 Å². The van der Waals surface area contributed by atoms with E-state index < -0.39 is 0 Å². The molecule has 4 nitrogen and oxygen atoms in total. The second-order valence-electron chi connectivity index (χ2n) is 5.17. The maximum absolute atomic E-state index is 12.1. The normalized spacial score (nSPS) is 13.2. The molecular formula is C16H23N3O. The topological polar surface area (TPSA) is 64.9 Å². The van der Waals surface area contributed by atoms with Crippen molar-refractivity contribution in [3.63, 3.8) is 0 Å². The molecule has 0 fully saturated rings. The fraction of sp³-hybridized carbons (Fsp3) is 0.500. The van der Waals surface area contributed by atoms with Crippen molar-refractivity contribution in [2.24, 2.45) is 0 Å². The molecule has 0 aliphatic heterocycles. The van der Waals surface area contributed by atoms with E-state index in [1.165, 1.54) is 0 Å². The molecule has 2 N–H and O–H groups in total. The Bertz CT molecular complexity index is 505. The molecule has 0 saturated heterocycles. The Hall–Kier alpha value is -2.02. The zero-order chi connectivity index (χ0) is 15.1. The monoisotopic (exact) mass is 273 g/mol. The molecule has 0 aromatic heterocycles. The Morgan fingerprint density at radius 3 is 2.70 bits per heavy atom. The van der Waals surface area contributed by atoms with Gasteiger partial charge in [0.25, 0.3) is 0 Å². The fourth-order valence-corrected chi connectivity index (χ4v) is 2.11. The van der Waals surface area contributed by atoms with Gasteiger partial charge in [-0.25, -0.2) is 0 Å². The first kappa shape index (κ1) is 16.0. The minimum Gasteiger partial charge on any atom is -0.373 e. The molecule has 20 heavy (non-hydrogen) atoms. The summed E-state index contributed by atoms with van der Waals surface area (Å²) in [5, 5.41) is 15.3. The summed E-state index contributed by atoms with van der Waals surface area (Å²) in [5.74, 6) is -0.0451. The molecule has 0 aliphatic carbocycles. The largest absolute Gasteiger partial charge is 0.373 e. The van der Waals surface area contributed by atoms with Crippen molar-refractivity contribution >= 4 is 11.6 Å². The van der Waals surface area contributed by atoms with Gasteiger partial charge in [-0.3, -0.25) is 4.79 Å². The van der Waals surface area contributed by atoms with Gasteiger partial charge in [0.2, 0.25) is 5.91 Å². The van der Waals surface area contributed by atoms with Crippen LogP contribution in [0, 0.1) is 18.3 Å². The van der Waals surface area contributed by atoms with Crippen LogP contribution in [0.4, 0.5) is 5.69 Å². The molecule has 0 bridgehead atoms. The second-order valence-corrected chi connectivity index (χ2v) is 5.17. The van der Waals surface area contributed by atoms with Crippen LogP contribution in [-0.2, 0) is 4.79 Å². The zero-order valence-electron chi connectivity index (χ0n) is 12.7. The molecule has 0 aliphatic rings. The summed E-state index contributed by atoms with van der Waals surface area (Å²) in [6.45, 7) is 7.78. The first-order valence-corrected chi connectivity index (χ1v) is 7.06. The van der Waals surface area contributed by atoms with Crippen LogP contribution >= 0.6 is 0 Å². The molecule has 1 aromatic rings. The van der Waals surface area contributed by atoms with Gasteiger partial charge in [0.15, 0.2) is 0 Å². The minimum atomic E-state index is -0.372. The van der Waals surface area contributed by atoms with Gasteiger partial charge in [-0.05, 0) is 38.8 Å². The standard InChI is InChI=1S/C16H23N3O/c1-5-7-12(3)18-16(20)13(4)19-15-9-6-8-11(2)14(15)10-17/h6,8-9,12-13,19H,5,7H2,1-4H3,(H,18,20). The van der Waals surface area contributed by atoms with E-state index in [0.29, 0.717) is 11.3 Å². The Balaban J connectivity index is 2.71. The first-order chi connectivity index (χ1) is 9.49. The molecular weight excluding hydrogens is 250 g/mol. The van der Waals surface area contributed by atoms with Crippen molar-refractivity contribution in [3.05, 3.63) is 29.3 Å². The average Bonchev–Trinajstić information content (AvgIpc) is 2.39. The number of rotatable bonds is 6. The summed E-state index contributed by atoms with van der Waals surface area (Å²) in [4.78, 5) is 12.1. The van der Waals surface area contributed by atoms with Crippen LogP contribution in [0.3, 0.4) is 0 Å². The Morgan fingerprint density at radius 1 is 1.40 bits per heavy atom. The average molecular weight is 273 g/mol. The second kappa shape index (κ2) is 7.54. The molecule has 2 atom stereocenters. The third kappa shape index (κ3) is 4.27. The number of nitrogens with zero attached hydrogens (tertiary/aromatic N) is 1. The molecule has 0 spiro atoms. The van der Waals surface area contributed by atoms with Crippen LogP contribution < -0.4 is 10.6 Å². The van der Waals surface area contributed by atoms with Crippen LogP contribution in [0.5, 0.6) is 0 Å². The fourth-order valence-electron chi connectivity index (χ4n) is 2.11. The van der Waals surface area contributed by atoms with Crippen molar-refractivity contribution in [2.75, 3.05) is 5.32 Å². The Labute approximate surface area is 121 Å². The number of hydrogen-bond donors (Lipinski definition) is 2. The number of nitriles is 1. The lowest BCUT2D eigenvalue weighted by atomic mass is 10.1. The van der Waals surface area contributed by atoms with Crippen molar-refractivity contribution in [2.45, 2.75) is 52.6 Å².